The number of carbonyl (C=O) groups is 1. The largest absolute Gasteiger partial charge is 0.394 e. The Kier molecular flexibility index (Phi) is 35.0. The molecule has 4 nitrogen and oxygen atoms in total. The van der Waals surface area contributed by atoms with Crippen molar-refractivity contribution >= 4 is 5.91 Å². The molecule has 0 aromatic rings. The second-order valence-electron chi connectivity index (χ2n) is 12.6. The van der Waals surface area contributed by atoms with Gasteiger partial charge in [0.2, 0.25) is 5.91 Å². The summed E-state index contributed by atoms with van der Waals surface area (Å²) >= 11 is 0. The van der Waals surface area contributed by atoms with E-state index < -0.39 is 12.1 Å². The first-order valence-corrected chi connectivity index (χ1v) is 19.0. The van der Waals surface area contributed by atoms with Gasteiger partial charge in [-0.1, -0.05) is 152 Å². The summed E-state index contributed by atoms with van der Waals surface area (Å²) < 4.78 is 0. The molecular weight excluding hydrogens is 554 g/mol. The zero-order chi connectivity index (χ0) is 32.9. The Bertz CT molecular complexity index is 767. The molecule has 0 radical (unpaired) electrons. The van der Waals surface area contributed by atoms with Crippen LogP contribution in [0.5, 0.6) is 0 Å². The van der Waals surface area contributed by atoms with E-state index in [1.807, 2.05) is 6.08 Å². The third kappa shape index (κ3) is 33.3. The first-order valence-electron chi connectivity index (χ1n) is 19.0. The second kappa shape index (κ2) is 36.6. The molecule has 4 heteroatoms. The van der Waals surface area contributed by atoms with Crippen LogP contribution in [0.4, 0.5) is 0 Å². The Morgan fingerprint density at radius 2 is 0.933 bits per heavy atom. The predicted octanol–water partition coefficient (Wildman–Crippen LogP) is 11.4. The van der Waals surface area contributed by atoms with Crippen molar-refractivity contribution in [2.45, 2.75) is 187 Å². The number of carbonyl (C=O) groups excluding carboxylic acids is 1. The molecule has 0 heterocycles. The zero-order valence-corrected chi connectivity index (χ0v) is 29.6. The van der Waals surface area contributed by atoms with Crippen molar-refractivity contribution in [3.8, 4) is 0 Å². The van der Waals surface area contributed by atoms with Crippen molar-refractivity contribution in [3.05, 3.63) is 60.8 Å². The van der Waals surface area contributed by atoms with Crippen molar-refractivity contribution in [1.29, 1.82) is 0 Å². The van der Waals surface area contributed by atoms with Crippen LogP contribution in [0, 0.1) is 0 Å². The average Bonchev–Trinajstić information content (AvgIpc) is 3.04. The Balaban J connectivity index is 3.75. The highest BCUT2D eigenvalue weighted by Gasteiger charge is 2.17. The van der Waals surface area contributed by atoms with E-state index in [0.717, 1.165) is 57.8 Å². The Morgan fingerprint density at radius 3 is 1.47 bits per heavy atom. The molecule has 0 rings (SSSR count). The van der Waals surface area contributed by atoms with Crippen LogP contribution < -0.4 is 5.32 Å². The molecule has 0 saturated heterocycles. The summed E-state index contributed by atoms with van der Waals surface area (Å²) in [6.07, 6.45) is 50.2. The monoisotopic (exact) mass is 628 g/mol. The van der Waals surface area contributed by atoms with Crippen molar-refractivity contribution < 1.29 is 15.0 Å². The first kappa shape index (κ1) is 43.1. The molecule has 0 bridgehead atoms. The molecule has 0 fully saturated rings. The molecule has 2 unspecified atom stereocenters. The molecule has 0 aliphatic rings. The maximum Gasteiger partial charge on any atom is 0.220 e. The number of allylic oxidation sites excluding steroid dienone is 9. The van der Waals surface area contributed by atoms with Gasteiger partial charge in [0.25, 0.3) is 0 Å². The minimum Gasteiger partial charge on any atom is -0.394 e. The van der Waals surface area contributed by atoms with Gasteiger partial charge in [0.15, 0.2) is 0 Å². The van der Waals surface area contributed by atoms with Gasteiger partial charge < -0.3 is 15.5 Å². The third-order valence-electron chi connectivity index (χ3n) is 8.20. The van der Waals surface area contributed by atoms with Crippen LogP contribution >= 0.6 is 0 Å². The summed E-state index contributed by atoms with van der Waals surface area (Å²) in [6, 6.07) is -0.653. The fourth-order valence-corrected chi connectivity index (χ4v) is 5.24. The van der Waals surface area contributed by atoms with Crippen LogP contribution in [0.2, 0.25) is 0 Å². The summed E-state index contributed by atoms with van der Waals surface area (Å²) in [7, 11) is 0. The molecular formula is C41H73NO3. The fraction of sp³-hybridized carbons (Fsp3) is 0.732. The van der Waals surface area contributed by atoms with E-state index in [-0.39, 0.29) is 12.5 Å². The highest BCUT2D eigenvalue weighted by Crippen LogP contribution is 2.11. The minimum absolute atomic E-state index is 0.0954. The molecule has 0 aromatic carbocycles. The van der Waals surface area contributed by atoms with Gasteiger partial charge in [0.05, 0.1) is 18.8 Å². The zero-order valence-electron chi connectivity index (χ0n) is 29.6. The number of hydrogen-bond acceptors (Lipinski definition) is 3. The van der Waals surface area contributed by atoms with Gasteiger partial charge in [0.1, 0.15) is 0 Å². The highest BCUT2D eigenvalue weighted by atomic mass is 16.3. The van der Waals surface area contributed by atoms with E-state index in [1.165, 1.54) is 96.3 Å². The Morgan fingerprint density at radius 1 is 0.533 bits per heavy atom. The quantitative estimate of drug-likeness (QED) is 0.0501. The molecule has 0 aliphatic heterocycles. The van der Waals surface area contributed by atoms with Gasteiger partial charge in [-0.2, -0.15) is 0 Å². The lowest BCUT2D eigenvalue weighted by Gasteiger charge is -2.19. The van der Waals surface area contributed by atoms with Crippen LogP contribution in [0.25, 0.3) is 0 Å². The smallest absolute Gasteiger partial charge is 0.220 e. The summed E-state index contributed by atoms with van der Waals surface area (Å²) in [6.45, 7) is 4.24. The van der Waals surface area contributed by atoms with Crippen LogP contribution in [0.1, 0.15) is 174 Å². The molecule has 3 N–H and O–H groups in total. The summed E-state index contributed by atoms with van der Waals surface area (Å²) in [5.74, 6) is -0.0954. The molecule has 1 amide bonds. The van der Waals surface area contributed by atoms with Gasteiger partial charge in [-0.3, -0.25) is 4.79 Å². The molecule has 0 saturated carbocycles. The second-order valence-corrected chi connectivity index (χ2v) is 12.6. The number of nitrogens with one attached hydrogen (secondary N) is 1. The van der Waals surface area contributed by atoms with Gasteiger partial charge in [-0.05, 0) is 77.0 Å². The van der Waals surface area contributed by atoms with Crippen molar-refractivity contribution in [2.24, 2.45) is 0 Å². The van der Waals surface area contributed by atoms with Crippen molar-refractivity contribution in [1.82, 2.24) is 5.32 Å². The molecule has 0 spiro atoms. The van der Waals surface area contributed by atoms with Crippen molar-refractivity contribution in [2.75, 3.05) is 6.61 Å². The Hall–Kier alpha value is -1.91. The number of unbranched alkanes of at least 4 members (excludes halogenated alkanes) is 18. The topological polar surface area (TPSA) is 69.6 Å². The van der Waals surface area contributed by atoms with Gasteiger partial charge in [-0.25, -0.2) is 0 Å². The third-order valence-corrected chi connectivity index (χ3v) is 8.20. The lowest BCUT2D eigenvalue weighted by atomic mass is 10.1. The SMILES string of the molecule is CCCCC/C=C\C/C=C\CCCCCCCC(=O)NC(CO)C(O)/C=C/CC/C=C/CC/C=C/CCCCCCCCCC. The molecule has 2 atom stereocenters. The standard InChI is InChI=1S/C41H73NO3/c1-3-5-7-9-11-13-15-17-19-20-21-23-24-26-28-30-32-34-36-40(44)39(38-43)42-41(45)37-35-33-31-29-27-25-22-18-16-14-12-10-8-6-4-2/h12,14,18,20-22,26,28,34,36,39-40,43-44H,3-11,13,15-17,19,23-25,27,29-33,35,37-38H2,1-2H3,(H,42,45)/b14-12-,21-20+,22-18-,28-26+,36-34+. The lowest BCUT2D eigenvalue weighted by Crippen LogP contribution is -2.45. The maximum absolute atomic E-state index is 12.3. The normalized spacial score (nSPS) is 13.8. The molecule has 45 heavy (non-hydrogen) atoms. The van der Waals surface area contributed by atoms with E-state index in [2.05, 4.69) is 67.8 Å². The number of rotatable bonds is 33. The lowest BCUT2D eigenvalue weighted by molar-refractivity contribution is -0.123. The molecule has 260 valence electrons. The summed E-state index contributed by atoms with van der Waals surface area (Å²) in [4.78, 5) is 12.3. The Labute approximate surface area is 279 Å². The summed E-state index contributed by atoms with van der Waals surface area (Å²) in [5, 5.41) is 22.9. The van der Waals surface area contributed by atoms with E-state index >= 15 is 0 Å². The highest BCUT2D eigenvalue weighted by molar-refractivity contribution is 5.76. The van der Waals surface area contributed by atoms with Crippen LogP contribution in [0.15, 0.2) is 60.8 Å². The number of amides is 1. The van der Waals surface area contributed by atoms with Gasteiger partial charge in [-0.15, -0.1) is 0 Å². The van der Waals surface area contributed by atoms with Crippen LogP contribution in [-0.2, 0) is 4.79 Å². The number of aliphatic hydroxyl groups is 2. The van der Waals surface area contributed by atoms with E-state index in [9.17, 15) is 15.0 Å². The van der Waals surface area contributed by atoms with E-state index in [4.69, 9.17) is 0 Å². The van der Waals surface area contributed by atoms with E-state index in [0.29, 0.717) is 6.42 Å². The van der Waals surface area contributed by atoms with Crippen molar-refractivity contribution in [3.63, 3.8) is 0 Å². The predicted molar refractivity (Wildman–Crippen MR) is 197 cm³/mol. The summed E-state index contributed by atoms with van der Waals surface area (Å²) in [5.41, 5.74) is 0. The van der Waals surface area contributed by atoms with E-state index in [1.54, 1.807) is 6.08 Å². The van der Waals surface area contributed by atoms with Crippen LogP contribution in [-0.4, -0.2) is 34.9 Å². The average molecular weight is 628 g/mol. The maximum atomic E-state index is 12.3. The fourth-order valence-electron chi connectivity index (χ4n) is 5.24. The van der Waals surface area contributed by atoms with Crippen LogP contribution in [0.3, 0.4) is 0 Å². The molecule has 0 aromatic heterocycles. The number of hydrogen-bond donors (Lipinski definition) is 3. The first-order chi connectivity index (χ1) is 22.2. The molecule has 0 aliphatic carbocycles. The van der Waals surface area contributed by atoms with Gasteiger partial charge in [0, 0.05) is 6.42 Å². The van der Waals surface area contributed by atoms with Gasteiger partial charge >= 0.3 is 0 Å². The minimum atomic E-state index is -0.876. The number of aliphatic hydroxyl groups excluding tert-OH is 2.